The van der Waals surface area contributed by atoms with Gasteiger partial charge >= 0.3 is 0 Å². The van der Waals surface area contributed by atoms with Crippen LogP contribution in [0, 0.1) is 21.4 Å². The van der Waals surface area contributed by atoms with Crippen molar-refractivity contribution in [3.8, 4) is 6.07 Å². The largest absolute Gasteiger partial charge is 0.289 e. The first kappa shape index (κ1) is 19.5. The van der Waals surface area contributed by atoms with Crippen LogP contribution in [0.15, 0.2) is 97.1 Å². The van der Waals surface area contributed by atoms with E-state index in [0.29, 0.717) is 27.8 Å². The molecule has 3 rings (SSSR count). The molecule has 0 saturated carbocycles. The minimum atomic E-state index is -0.494. The van der Waals surface area contributed by atoms with Crippen LogP contribution in [-0.2, 0) is 0 Å². The molecule has 0 aromatic heterocycles. The highest BCUT2D eigenvalue weighted by Gasteiger charge is 2.12. The molecule has 0 unspecified atom stereocenters. The second-order valence-corrected chi connectivity index (χ2v) is 6.17. The van der Waals surface area contributed by atoms with Crippen molar-refractivity contribution in [1.29, 1.82) is 5.26 Å². The molecule has 5 heteroatoms. The molecule has 3 aromatic rings. The van der Waals surface area contributed by atoms with Crippen LogP contribution in [0.4, 0.5) is 5.69 Å². The second kappa shape index (κ2) is 9.07. The molecule has 0 amide bonds. The van der Waals surface area contributed by atoms with Gasteiger partial charge in [-0.15, -0.1) is 0 Å². The van der Waals surface area contributed by atoms with Crippen molar-refractivity contribution in [2.45, 2.75) is 0 Å². The van der Waals surface area contributed by atoms with Crippen LogP contribution in [0.5, 0.6) is 0 Å². The van der Waals surface area contributed by atoms with Crippen LogP contribution >= 0.6 is 0 Å². The molecule has 0 bridgehead atoms. The number of nitriles is 1. The quantitative estimate of drug-likeness (QED) is 0.142. The van der Waals surface area contributed by atoms with Crippen LogP contribution in [0.25, 0.3) is 11.1 Å². The van der Waals surface area contributed by atoms with E-state index < -0.39 is 4.92 Å². The zero-order valence-corrected chi connectivity index (χ0v) is 15.4. The van der Waals surface area contributed by atoms with E-state index in [-0.39, 0.29) is 11.5 Å². The fourth-order valence-corrected chi connectivity index (χ4v) is 2.79. The lowest BCUT2D eigenvalue weighted by molar-refractivity contribution is -0.384. The van der Waals surface area contributed by atoms with Crippen molar-refractivity contribution >= 4 is 22.6 Å². The minimum Gasteiger partial charge on any atom is -0.289 e. The molecular weight excluding hydrogens is 364 g/mol. The van der Waals surface area contributed by atoms with Crippen molar-refractivity contribution in [3.05, 3.63) is 124 Å². The van der Waals surface area contributed by atoms with Gasteiger partial charge < -0.3 is 0 Å². The van der Waals surface area contributed by atoms with Crippen molar-refractivity contribution < 1.29 is 9.72 Å². The van der Waals surface area contributed by atoms with E-state index in [1.165, 1.54) is 18.2 Å². The number of nitro groups is 1. The van der Waals surface area contributed by atoms with Crippen molar-refractivity contribution in [2.75, 3.05) is 0 Å². The standard InChI is InChI=1S/C24H16N2O3/c25-17-22(18-8-3-1-4-9-18)14-21(16-24(27)19-10-5-2-6-11-19)20-12-7-13-23(15-20)26(28)29/h1-16H/b21-16+,22-14+. The Morgan fingerprint density at radius 3 is 2.00 bits per heavy atom. The van der Waals surface area contributed by atoms with E-state index in [1.807, 2.05) is 24.3 Å². The average molecular weight is 380 g/mol. The number of nitrogens with zero attached hydrogens (tertiary/aromatic N) is 2. The van der Waals surface area contributed by atoms with Crippen LogP contribution in [0.1, 0.15) is 21.5 Å². The Labute approximate surface area is 168 Å². The van der Waals surface area contributed by atoms with Gasteiger partial charge in [0.2, 0.25) is 0 Å². The summed E-state index contributed by atoms with van der Waals surface area (Å²) in [6.45, 7) is 0. The van der Waals surface area contributed by atoms with E-state index in [4.69, 9.17) is 0 Å². The second-order valence-electron chi connectivity index (χ2n) is 6.17. The van der Waals surface area contributed by atoms with Gasteiger partial charge in [0.05, 0.1) is 16.6 Å². The fourth-order valence-electron chi connectivity index (χ4n) is 2.79. The molecule has 0 aliphatic carbocycles. The molecule has 140 valence electrons. The van der Waals surface area contributed by atoms with E-state index in [1.54, 1.807) is 54.6 Å². The van der Waals surface area contributed by atoms with Gasteiger partial charge in [-0.05, 0) is 28.9 Å². The van der Waals surface area contributed by atoms with Gasteiger partial charge in [-0.25, -0.2) is 0 Å². The van der Waals surface area contributed by atoms with Crippen molar-refractivity contribution in [3.63, 3.8) is 0 Å². The summed E-state index contributed by atoms with van der Waals surface area (Å²) in [6, 6.07) is 25.9. The molecule has 0 saturated heterocycles. The number of non-ortho nitro benzene ring substituents is 1. The molecule has 29 heavy (non-hydrogen) atoms. The Balaban J connectivity index is 2.14. The monoisotopic (exact) mass is 380 g/mol. The number of nitro benzene ring substituents is 1. The molecule has 0 fully saturated rings. The van der Waals surface area contributed by atoms with Crippen LogP contribution in [0.3, 0.4) is 0 Å². The molecule has 3 aromatic carbocycles. The lowest BCUT2D eigenvalue weighted by Gasteiger charge is -2.06. The maximum absolute atomic E-state index is 12.7. The van der Waals surface area contributed by atoms with E-state index >= 15 is 0 Å². The molecular formula is C24H16N2O3. The number of rotatable bonds is 6. The normalized spacial score (nSPS) is 11.6. The Kier molecular flexibility index (Phi) is 6.08. The van der Waals surface area contributed by atoms with Gasteiger partial charge in [0.25, 0.3) is 5.69 Å². The SMILES string of the molecule is N#C/C(=C\C(=C/C(=O)c1ccccc1)c1cccc([N+](=O)[O-])c1)c1ccccc1. The molecule has 0 heterocycles. The van der Waals surface area contributed by atoms with Gasteiger partial charge in [0.1, 0.15) is 0 Å². The Bertz CT molecular complexity index is 1140. The first-order valence-corrected chi connectivity index (χ1v) is 8.81. The maximum Gasteiger partial charge on any atom is 0.270 e. The van der Waals surface area contributed by atoms with E-state index in [9.17, 15) is 20.2 Å². The smallest absolute Gasteiger partial charge is 0.270 e. The molecule has 0 spiro atoms. The number of carbonyl (C=O) groups excluding carboxylic acids is 1. The third kappa shape index (κ3) is 4.90. The first-order valence-electron chi connectivity index (χ1n) is 8.81. The van der Waals surface area contributed by atoms with Gasteiger partial charge in [-0.3, -0.25) is 14.9 Å². The lowest BCUT2D eigenvalue weighted by Crippen LogP contribution is -1.97. The Hall–Kier alpha value is -4.30. The summed E-state index contributed by atoms with van der Waals surface area (Å²) in [6.07, 6.45) is 2.98. The highest BCUT2D eigenvalue weighted by Crippen LogP contribution is 2.26. The number of hydrogen-bond acceptors (Lipinski definition) is 4. The van der Waals surface area contributed by atoms with Gasteiger partial charge in [-0.2, -0.15) is 5.26 Å². The van der Waals surface area contributed by atoms with Crippen LogP contribution < -0.4 is 0 Å². The zero-order chi connectivity index (χ0) is 20.6. The molecule has 0 radical (unpaired) electrons. The number of ketones is 1. The molecule has 0 aliphatic heterocycles. The third-order valence-electron chi connectivity index (χ3n) is 4.24. The summed E-state index contributed by atoms with van der Waals surface area (Å²) in [5.74, 6) is -0.256. The molecule has 5 nitrogen and oxygen atoms in total. The predicted molar refractivity (Wildman–Crippen MR) is 112 cm³/mol. The Morgan fingerprint density at radius 1 is 0.828 bits per heavy atom. The van der Waals surface area contributed by atoms with Crippen LogP contribution in [-0.4, -0.2) is 10.7 Å². The number of hydrogen-bond donors (Lipinski definition) is 0. The highest BCUT2D eigenvalue weighted by atomic mass is 16.6. The Morgan fingerprint density at radius 2 is 1.41 bits per heavy atom. The average Bonchev–Trinajstić information content (AvgIpc) is 2.77. The summed E-state index contributed by atoms with van der Waals surface area (Å²) in [4.78, 5) is 23.4. The summed E-state index contributed by atoms with van der Waals surface area (Å²) < 4.78 is 0. The fraction of sp³-hybridized carbons (Fsp3) is 0. The summed E-state index contributed by atoms with van der Waals surface area (Å²) >= 11 is 0. The van der Waals surface area contributed by atoms with Gasteiger partial charge in [0.15, 0.2) is 5.78 Å². The van der Waals surface area contributed by atoms with Gasteiger partial charge in [0, 0.05) is 17.7 Å². The zero-order valence-electron chi connectivity index (χ0n) is 15.4. The molecule has 0 aliphatic rings. The summed E-state index contributed by atoms with van der Waals surface area (Å²) in [5.41, 5.74) is 2.34. The minimum absolute atomic E-state index is 0.0906. The number of allylic oxidation sites excluding steroid dienone is 4. The van der Waals surface area contributed by atoms with Crippen molar-refractivity contribution in [1.82, 2.24) is 0 Å². The van der Waals surface area contributed by atoms with E-state index in [2.05, 4.69) is 6.07 Å². The van der Waals surface area contributed by atoms with Crippen molar-refractivity contribution in [2.24, 2.45) is 0 Å². The third-order valence-corrected chi connectivity index (χ3v) is 4.24. The predicted octanol–water partition coefficient (Wildman–Crippen LogP) is 5.47. The number of benzene rings is 3. The van der Waals surface area contributed by atoms with E-state index in [0.717, 1.165) is 0 Å². The lowest BCUT2D eigenvalue weighted by atomic mass is 9.97. The molecule has 0 N–H and O–H groups in total. The summed E-state index contributed by atoms with van der Waals surface area (Å²) in [7, 11) is 0. The van der Waals surface area contributed by atoms with Gasteiger partial charge in [-0.1, -0.05) is 72.8 Å². The number of carbonyl (C=O) groups is 1. The first-order chi connectivity index (χ1) is 14.1. The topological polar surface area (TPSA) is 84.0 Å². The molecule has 0 atom stereocenters. The summed E-state index contributed by atoms with van der Waals surface area (Å²) in [5, 5.41) is 20.8. The maximum atomic E-state index is 12.7. The highest BCUT2D eigenvalue weighted by molar-refractivity contribution is 6.10. The van der Waals surface area contributed by atoms with Crippen LogP contribution in [0.2, 0.25) is 0 Å².